The van der Waals surface area contributed by atoms with Gasteiger partial charge in [0.2, 0.25) is 5.89 Å². The maximum Gasteiger partial charge on any atom is 0.292 e. The van der Waals surface area contributed by atoms with Crippen LogP contribution in [0.25, 0.3) is 33.7 Å². The van der Waals surface area contributed by atoms with Crippen LogP contribution in [0.15, 0.2) is 59.3 Å². The average molecular weight is 584 g/mol. The van der Waals surface area contributed by atoms with Crippen LogP contribution in [0.4, 0.5) is 4.39 Å². The number of halogens is 1. The van der Waals surface area contributed by atoms with Gasteiger partial charge in [0.25, 0.3) is 17.6 Å². The number of rotatable bonds is 6. The Kier molecular flexibility index (Phi) is 7.45. The van der Waals surface area contributed by atoms with Crippen LogP contribution in [0, 0.1) is 5.82 Å². The van der Waals surface area contributed by atoms with Crippen molar-refractivity contribution in [3.63, 3.8) is 0 Å². The predicted octanol–water partition coefficient (Wildman–Crippen LogP) is 4.51. The zero-order chi connectivity index (χ0) is 30.1. The van der Waals surface area contributed by atoms with E-state index in [2.05, 4.69) is 30.4 Å². The number of ether oxygens (including phenoxy) is 1. The molecule has 0 bridgehead atoms. The fourth-order valence-corrected chi connectivity index (χ4v) is 4.74. The molecule has 11 nitrogen and oxygen atoms in total. The Morgan fingerprint density at radius 1 is 1.02 bits per heavy atom. The molecular weight excluding hydrogens is 553 g/mol. The number of imidazole rings is 1. The molecule has 4 heterocycles. The molecule has 0 aliphatic carbocycles. The smallest absolute Gasteiger partial charge is 0.292 e. The van der Waals surface area contributed by atoms with Crippen molar-refractivity contribution in [2.75, 3.05) is 26.3 Å². The number of nitrogens with one attached hydrogen (secondary N) is 2. The lowest BCUT2D eigenvalue weighted by atomic mass is 9.97. The highest BCUT2D eigenvalue weighted by molar-refractivity contribution is 5.95. The second-order valence-corrected chi connectivity index (χ2v) is 11.3. The molecular formula is C31H30FN7O4. The third-order valence-corrected chi connectivity index (χ3v) is 7.17. The minimum Gasteiger partial charge on any atom is -0.378 e. The third kappa shape index (κ3) is 5.86. The molecule has 2 N–H and O–H groups in total. The van der Waals surface area contributed by atoms with Gasteiger partial charge in [0.1, 0.15) is 11.6 Å². The number of aromatic nitrogens is 5. The Hall–Kier alpha value is -4.97. The number of hydrogen-bond donors (Lipinski definition) is 2. The van der Waals surface area contributed by atoms with Gasteiger partial charge in [-0.3, -0.25) is 9.59 Å². The number of H-pyrrole nitrogens is 1. The summed E-state index contributed by atoms with van der Waals surface area (Å²) in [5, 5.41) is 6.37. The Morgan fingerprint density at radius 2 is 1.77 bits per heavy atom. The van der Waals surface area contributed by atoms with Gasteiger partial charge in [-0.05, 0) is 29.8 Å². The second-order valence-electron chi connectivity index (χ2n) is 11.3. The monoisotopic (exact) mass is 583 g/mol. The molecule has 0 radical (unpaired) electrons. The van der Waals surface area contributed by atoms with Gasteiger partial charge < -0.3 is 24.5 Å². The molecule has 6 rings (SSSR count). The first-order chi connectivity index (χ1) is 20.7. The average Bonchev–Trinajstić information content (AvgIpc) is 3.69. The van der Waals surface area contributed by atoms with E-state index in [0.29, 0.717) is 65.9 Å². The summed E-state index contributed by atoms with van der Waals surface area (Å²) in [4.78, 5) is 43.5. The number of fused-ring (bicyclic) bond motifs is 1. The summed E-state index contributed by atoms with van der Waals surface area (Å²) in [7, 11) is 0. The summed E-state index contributed by atoms with van der Waals surface area (Å²) >= 11 is 0. The van der Waals surface area contributed by atoms with E-state index in [0.717, 1.165) is 11.1 Å². The molecule has 43 heavy (non-hydrogen) atoms. The number of morpholine rings is 1. The number of nitrogens with zero attached hydrogens (tertiary/aromatic N) is 5. The fraction of sp³-hybridized carbons (Fsp3) is 0.290. The molecule has 3 aromatic heterocycles. The van der Waals surface area contributed by atoms with E-state index < -0.39 is 17.1 Å². The zero-order valence-corrected chi connectivity index (χ0v) is 24.0. The van der Waals surface area contributed by atoms with Gasteiger partial charge >= 0.3 is 0 Å². The zero-order valence-electron chi connectivity index (χ0n) is 24.0. The predicted molar refractivity (Wildman–Crippen MR) is 156 cm³/mol. The number of carbonyl (C=O) groups excluding carboxylic acids is 2. The summed E-state index contributed by atoms with van der Waals surface area (Å²) < 4.78 is 25.7. The highest BCUT2D eigenvalue weighted by Crippen LogP contribution is 2.30. The van der Waals surface area contributed by atoms with Crippen molar-refractivity contribution in [1.29, 1.82) is 0 Å². The largest absolute Gasteiger partial charge is 0.378 e. The Labute approximate surface area is 246 Å². The van der Waals surface area contributed by atoms with Gasteiger partial charge in [-0.25, -0.2) is 14.4 Å². The van der Waals surface area contributed by atoms with E-state index in [1.165, 1.54) is 6.07 Å². The number of amides is 2. The van der Waals surface area contributed by atoms with Gasteiger partial charge in [-0.1, -0.05) is 50.2 Å². The van der Waals surface area contributed by atoms with Crippen LogP contribution in [0.3, 0.4) is 0 Å². The first-order valence-electron chi connectivity index (χ1n) is 13.9. The Balaban J connectivity index is 1.18. The van der Waals surface area contributed by atoms with Crippen molar-refractivity contribution in [1.82, 2.24) is 35.3 Å². The third-order valence-electron chi connectivity index (χ3n) is 7.17. The summed E-state index contributed by atoms with van der Waals surface area (Å²) in [5.74, 6) is -0.244. The highest BCUT2D eigenvalue weighted by Gasteiger charge is 2.24. The molecule has 12 heteroatoms. The van der Waals surface area contributed by atoms with E-state index in [1.807, 2.05) is 32.9 Å². The molecule has 2 amide bonds. The SMILES string of the molecule is CC(C)(C)c1nc(C(=O)NCc2ccc(-c3ccnc4nc(-c5ccc(C(=O)N6CCOCC6)cc5)[nH]c34)cc2F)no1. The molecule has 0 atom stereocenters. The summed E-state index contributed by atoms with van der Waals surface area (Å²) in [6.45, 7) is 7.88. The van der Waals surface area contributed by atoms with Gasteiger partial charge in [0.15, 0.2) is 5.65 Å². The standard InChI is InChI=1S/C31H30FN7O4/c1-31(2,3)30-37-27(38-43-30)28(40)34-17-21-9-8-20(16-23(21)32)22-10-11-33-26-24(22)35-25(36-26)18-4-6-19(7-5-18)29(41)39-12-14-42-15-13-39/h4-11,16H,12-15,17H2,1-3H3,(H,34,40)(H,33,35,36). The summed E-state index contributed by atoms with van der Waals surface area (Å²) in [5.41, 5.74) is 3.77. The molecule has 5 aromatic rings. The van der Waals surface area contributed by atoms with Crippen molar-refractivity contribution >= 4 is 23.0 Å². The van der Waals surface area contributed by atoms with Crippen LogP contribution in [0.5, 0.6) is 0 Å². The molecule has 1 fully saturated rings. The van der Waals surface area contributed by atoms with Crippen molar-refractivity contribution in [3.8, 4) is 22.5 Å². The van der Waals surface area contributed by atoms with E-state index in [4.69, 9.17) is 9.26 Å². The topological polar surface area (TPSA) is 139 Å². The maximum absolute atomic E-state index is 15.2. The van der Waals surface area contributed by atoms with E-state index in [1.54, 1.807) is 41.4 Å². The number of aromatic amines is 1. The van der Waals surface area contributed by atoms with Crippen molar-refractivity contribution in [2.24, 2.45) is 0 Å². The number of benzene rings is 2. The van der Waals surface area contributed by atoms with Crippen LogP contribution in [-0.2, 0) is 16.7 Å². The number of hydrogen-bond acceptors (Lipinski definition) is 8. The van der Waals surface area contributed by atoms with Crippen molar-refractivity contribution in [3.05, 3.63) is 83.4 Å². The molecule has 1 saturated heterocycles. The summed E-state index contributed by atoms with van der Waals surface area (Å²) in [6, 6.07) is 13.8. The van der Waals surface area contributed by atoms with Gasteiger partial charge in [0.05, 0.1) is 18.7 Å². The van der Waals surface area contributed by atoms with Crippen molar-refractivity contribution in [2.45, 2.75) is 32.7 Å². The second kappa shape index (κ2) is 11.4. The van der Waals surface area contributed by atoms with Crippen LogP contribution < -0.4 is 5.32 Å². The fourth-order valence-electron chi connectivity index (χ4n) is 4.74. The van der Waals surface area contributed by atoms with Crippen LogP contribution in [0.2, 0.25) is 0 Å². The van der Waals surface area contributed by atoms with E-state index in [9.17, 15) is 9.59 Å². The van der Waals surface area contributed by atoms with Gasteiger partial charge in [-0.15, -0.1) is 0 Å². The molecule has 220 valence electrons. The van der Waals surface area contributed by atoms with Gasteiger partial charge in [0, 0.05) is 53.5 Å². The minimum absolute atomic E-state index is 0.0297. The quantitative estimate of drug-likeness (QED) is 0.298. The lowest BCUT2D eigenvalue weighted by Crippen LogP contribution is -2.40. The van der Waals surface area contributed by atoms with Crippen molar-refractivity contribution < 1.29 is 23.2 Å². The molecule has 0 unspecified atom stereocenters. The Morgan fingerprint density at radius 3 is 2.47 bits per heavy atom. The minimum atomic E-state index is -0.554. The molecule has 0 spiro atoms. The normalized spacial score (nSPS) is 13.8. The first-order valence-corrected chi connectivity index (χ1v) is 13.9. The van der Waals surface area contributed by atoms with Crippen LogP contribution in [-0.4, -0.2) is 68.1 Å². The lowest BCUT2D eigenvalue weighted by Gasteiger charge is -2.26. The lowest BCUT2D eigenvalue weighted by molar-refractivity contribution is 0.0303. The molecule has 0 saturated carbocycles. The first kappa shape index (κ1) is 28.2. The Bertz CT molecular complexity index is 1800. The molecule has 2 aromatic carbocycles. The number of carbonyl (C=O) groups is 2. The molecule has 1 aliphatic heterocycles. The maximum atomic E-state index is 15.2. The van der Waals surface area contributed by atoms with E-state index in [-0.39, 0.29) is 18.3 Å². The van der Waals surface area contributed by atoms with E-state index >= 15 is 4.39 Å². The highest BCUT2D eigenvalue weighted by atomic mass is 19.1. The van der Waals surface area contributed by atoms with Crippen LogP contribution >= 0.6 is 0 Å². The number of pyridine rings is 1. The van der Waals surface area contributed by atoms with Crippen LogP contribution in [0.1, 0.15) is 53.2 Å². The summed E-state index contributed by atoms with van der Waals surface area (Å²) in [6.07, 6.45) is 1.62. The molecule has 1 aliphatic rings. The van der Waals surface area contributed by atoms with Gasteiger partial charge in [-0.2, -0.15) is 4.98 Å².